The number of nitrogens with one attached hydrogen (secondary N) is 1. The van der Waals surface area contributed by atoms with E-state index in [1.54, 1.807) is 0 Å². The van der Waals surface area contributed by atoms with Crippen molar-refractivity contribution >= 4 is 17.5 Å². The molecule has 1 amide bonds. The lowest BCUT2D eigenvalue weighted by atomic mass is 9.86. The SMILES string of the molecule is CC(C)(C)c1cc2c(c(N3CCN(C(=O)O)CC3)c1)OCCN2. The fraction of sp³-hybridized carbons (Fsp3) is 0.588. The van der Waals surface area contributed by atoms with Gasteiger partial charge in [0.25, 0.3) is 0 Å². The van der Waals surface area contributed by atoms with Gasteiger partial charge in [-0.25, -0.2) is 4.79 Å². The highest BCUT2D eigenvalue weighted by atomic mass is 16.5. The third kappa shape index (κ3) is 3.16. The monoisotopic (exact) mass is 319 g/mol. The summed E-state index contributed by atoms with van der Waals surface area (Å²) in [5.74, 6) is 0.896. The molecular formula is C17H25N3O3. The van der Waals surface area contributed by atoms with Gasteiger partial charge in [-0.05, 0) is 23.1 Å². The first kappa shape index (κ1) is 15.8. The molecule has 2 aliphatic rings. The molecule has 1 aromatic rings. The van der Waals surface area contributed by atoms with Gasteiger partial charge in [-0.15, -0.1) is 0 Å². The Morgan fingerprint density at radius 1 is 1.22 bits per heavy atom. The molecule has 3 rings (SSSR count). The molecule has 6 heteroatoms. The number of nitrogens with zero attached hydrogens (tertiary/aromatic N) is 2. The molecule has 1 aromatic carbocycles. The third-order valence-electron chi connectivity index (χ3n) is 4.49. The number of fused-ring (bicyclic) bond motifs is 1. The van der Waals surface area contributed by atoms with Crippen LogP contribution in [0.2, 0.25) is 0 Å². The molecule has 2 N–H and O–H groups in total. The van der Waals surface area contributed by atoms with E-state index in [4.69, 9.17) is 9.84 Å². The Balaban J connectivity index is 1.93. The first-order valence-corrected chi connectivity index (χ1v) is 8.14. The summed E-state index contributed by atoms with van der Waals surface area (Å²) in [6.45, 7) is 10.5. The van der Waals surface area contributed by atoms with Gasteiger partial charge in [-0.2, -0.15) is 0 Å². The molecule has 0 atom stereocenters. The van der Waals surface area contributed by atoms with Gasteiger partial charge >= 0.3 is 6.09 Å². The second-order valence-corrected chi connectivity index (χ2v) is 7.15. The van der Waals surface area contributed by atoms with Crippen LogP contribution in [0.25, 0.3) is 0 Å². The van der Waals surface area contributed by atoms with Crippen LogP contribution in [0.15, 0.2) is 12.1 Å². The topological polar surface area (TPSA) is 65.0 Å². The lowest BCUT2D eigenvalue weighted by molar-refractivity contribution is 0.142. The van der Waals surface area contributed by atoms with Gasteiger partial charge in [0, 0.05) is 32.7 Å². The average Bonchev–Trinajstić information content (AvgIpc) is 2.53. The number of rotatable bonds is 1. The average molecular weight is 319 g/mol. The summed E-state index contributed by atoms with van der Waals surface area (Å²) in [6.07, 6.45) is -0.840. The highest BCUT2D eigenvalue weighted by Crippen LogP contribution is 2.42. The largest absolute Gasteiger partial charge is 0.487 e. The van der Waals surface area contributed by atoms with E-state index in [1.807, 2.05) is 0 Å². The Bertz CT molecular complexity index is 602. The summed E-state index contributed by atoms with van der Waals surface area (Å²) >= 11 is 0. The van der Waals surface area contributed by atoms with Crippen LogP contribution in [0.4, 0.5) is 16.2 Å². The first-order valence-electron chi connectivity index (χ1n) is 8.14. The zero-order valence-electron chi connectivity index (χ0n) is 14.1. The maximum absolute atomic E-state index is 11.1. The number of amides is 1. The second kappa shape index (κ2) is 5.83. The van der Waals surface area contributed by atoms with Gasteiger partial charge in [0.1, 0.15) is 6.61 Å². The van der Waals surface area contributed by atoms with Crippen molar-refractivity contribution in [3.05, 3.63) is 17.7 Å². The lowest BCUT2D eigenvalue weighted by Gasteiger charge is -2.37. The Hall–Kier alpha value is -2.11. The van der Waals surface area contributed by atoms with E-state index in [-0.39, 0.29) is 5.41 Å². The van der Waals surface area contributed by atoms with Crippen LogP contribution >= 0.6 is 0 Å². The van der Waals surface area contributed by atoms with E-state index in [0.717, 1.165) is 23.7 Å². The highest BCUT2D eigenvalue weighted by molar-refractivity contribution is 5.75. The molecule has 0 saturated carbocycles. The summed E-state index contributed by atoms with van der Waals surface area (Å²) in [7, 11) is 0. The van der Waals surface area contributed by atoms with Crippen molar-refractivity contribution in [3.63, 3.8) is 0 Å². The Labute approximate surface area is 137 Å². The zero-order chi connectivity index (χ0) is 16.6. The highest BCUT2D eigenvalue weighted by Gasteiger charge is 2.27. The van der Waals surface area contributed by atoms with Gasteiger partial charge in [0.05, 0.1) is 11.4 Å². The molecule has 1 fully saturated rings. The Morgan fingerprint density at radius 2 is 1.91 bits per heavy atom. The third-order valence-corrected chi connectivity index (χ3v) is 4.49. The number of anilines is 2. The van der Waals surface area contributed by atoms with Crippen molar-refractivity contribution in [2.45, 2.75) is 26.2 Å². The fourth-order valence-corrected chi connectivity index (χ4v) is 3.04. The molecule has 0 radical (unpaired) electrons. The maximum Gasteiger partial charge on any atom is 0.407 e. The van der Waals surface area contributed by atoms with E-state index in [9.17, 15) is 4.79 Å². The number of carboxylic acid groups (broad SMARTS) is 1. The van der Waals surface area contributed by atoms with Crippen molar-refractivity contribution in [3.8, 4) is 5.75 Å². The predicted octanol–water partition coefficient (Wildman–Crippen LogP) is 2.59. The number of hydrogen-bond donors (Lipinski definition) is 2. The van der Waals surface area contributed by atoms with Crippen molar-refractivity contribution in [2.24, 2.45) is 0 Å². The molecule has 0 bridgehead atoms. The number of hydrogen-bond acceptors (Lipinski definition) is 4. The summed E-state index contributed by atoms with van der Waals surface area (Å²) in [6, 6.07) is 4.37. The van der Waals surface area contributed by atoms with Crippen LogP contribution in [0, 0.1) is 0 Å². The normalized spacial score (nSPS) is 18.0. The van der Waals surface area contributed by atoms with Gasteiger partial charge in [-0.1, -0.05) is 20.8 Å². The van der Waals surface area contributed by atoms with E-state index in [1.165, 1.54) is 10.5 Å². The van der Waals surface area contributed by atoms with Gasteiger partial charge in [0.15, 0.2) is 5.75 Å². The molecular weight excluding hydrogens is 294 g/mol. The van der Waals surface area contributed by atoms with Crippen LogP contribution in [-0.4, -0.2) is 55.4 Å². The van der Waals surface area contributed by atoms with Gasteiger partial charge < -0.3 is 25.0 Å². The number of benzene rings is 1. The zero-order valence-corrected chi connectivity index (χ0v) is 14.1. The molecule has 1 saturated heterocycles. The van der Waals surface area contributed by atoms with E-state index in [0.29, 0.717) is 32.8 Å². The van der Waals surface area contributed by atoms with Gasteiger partial charge in [-0.3, -0.25) is 0 Å². The molecule has 6 nitrogen and oxygen atoms in total. The second-order valence-electron chi connectivity index (χ2n) is 7.15. The van der Waals surface area contributed by atoms with Crippen LogP contribution in [0.5, 0.6) is 5.75 Å². The lowest BCUT2D eigenvalue weighted by Crippen LogP contribution is -2.48. The van der Waals surface area contributed by atoms with Crippen molar-refractivity contribution < 1.29 is 14.6 Å². The first-order chi connectivity index (χ1) is 10.9. The number of ether oxygens (including phenoxy) is 1. The molecule has 0 unspecified atom stereocenters. The Kier molecular flexibility index (Phi) is 4.00. The molecule has 126 valence electrons. The van der Waals surface area contributed by atoms with E-state index in [2.05, 4.69) is 43.1 Å². The molecule has 0 aliphatic carbocycles. The predicted molar refractivity (Wildman–Crippen MR) is 90.9 cm³/mol. The quantitative estimate of drug-likeness (QED) is 0.833. The minimum absolute atomic E-state index is 0.0474. The molecule has 2 heterocycles. The maximum atomic E-state index is 11.1. The number of piperazine rings is 1. The summed E-state index contributed by atoms with van der Waals surface area (Å²) < 4.78 is 5.92. The summed E-state index contributed by atoms with van der Waals surface area (Å²) in [5.41, 5.74) is 3.42. The van der Waals surface area contributed by atoms with Gasteiger partial charge in [0.2, 0.25) is 0 Å². The number of carbonyl (C=O) groups is 1. The Morgan fingerprint density at radius 3 is 2.52 bits per heavy atom. The minimum Gasteiger partial charge on any atom is -0.487 e. The van der Waals surface area contributed by atoms with E-state index < -0.39 is 6.09 Å². The van der Waals surface area contributed by atoms with Crippen LogP contribution in [0.3, 0.4) is 0 Å². The van der Waals surface area contributed by atoms with Crippen molar-refractivity contribution in [1.82, 2.24) is 4.90 Å². The minimum atomic E-state index is -0.840. The van der Waals surface area contributed by atoms with Crippen LogP contribution < -0.4 is 15.0 Å². The molecule has 2 aliphatic heterocycles. The van der Waals surface area contributed by atoms with Crippen molar-refractivity contribution in [1.29, 1.82) is 0 Å². The summed E-state index contributed by atoms with van der Waals surface area (Å²) in [4.78, 5) is 14.8. The summed E-state index contributed by atoms with van der Waals surface area (Å²) in [5, 5.41) is 12.5. The smallest absolute Gasteiger partial charge is 0.407 e. The molecule has 0 spiro atoms. The molecule has 0 aromatic heterocycles. The van der Waals surface area contributed by atoms with E-state index >= 15 is 0 Å². The van der Waals surface area contributed by atoms with Crippen LogP contribution in [-0.2, 0) is 5.41 Å². The fourth-order valence-electron chi connectivity index (χ4n) is 3.04. The standard InChI is InChI=1S/C17H25N3O3/c1-17(2,3)12-10-13-15(23-9-4-18-13)14(11-12)19-5-7-20(8-6-19)16(21)22/h10-11,18H,4-9H2,1-3H3,(H,21,22). The van der Waals surface area contributed by atoms with Crippen molar-refractivity contribution in [2.75, 3.05) is 49.5 Å². The molecule has 23 heavy (non-hydrogen) atoms. The van der Waals surface area contributed by atoms with Crippen LogP contribution in [0.1, 0.15) is 26.3 Å².